The second-order valence-electron chi connectivity index (χ2n) is 5.40. The molecule has 0 aliphatic carbocycles. The van der Waals surface area contributed by atoms with Crippen LogP contribution in [0.2, 0.25) is 0 Å². The number of nitrogens with zero attached hydrogens (tertiary/aromatic N) is 1. The molecule has 1 heterocycles. The van der Waals surface area contributed by atoms with Crippen molar-refractivity contribution < 1.29 is 9.72 Å². The molecule has 24 heavy (non-hydrogen) atoms. The average molecular weight is 324 g/mol. The molecule has 7 nitrogen and oxygen atoms in total. The number of carbonyl (C=O) groups is 1. The first-order valence-electron chi connectivity index (χ1n) is 7.43. The van der Waals surface area contributed by atoms with Crippen LogP contribution < -0.4 is 11.1 Å². The second kappa shape index (κ2) is 6.41. The number of carbonyl (C=O) groups excluding carboxylic acids is 1. The van der Waals surface area contributed by atoms with E-state index in [-0.39, 0.29) is 22.8 Å². The number of anilines is 1. The third-order valence-corrected chi connectivity index (χ3v) is 3.84. The Morgan fingerprint density at radius 2 is 2.04 bits per heavy atom. The summed E-state index contributed by atoms with van der Waals surface area (Å²) in [7, 11) is 0. The molecule has 0 aliphatic heterocycles. The van der Waals surface area contributed by atoms with E-state index >= 15 is 0 Å². The molecule has 3 aromatic rings. The van der Waals surface area contributed by atoms with Crippen LogP contribution in [0, 0.1) is 10.1 Å². The number of nitrogens with one attached hydrogen (secondary N) is 2. The molecular formula is C17H16N4O3. The highest BCUT2D eigenvalue weighted by atomic mass is 16.6. The highest BCUT2D eigenvalue weighted by Crippen LogP contribution is 2.22. The van der Waals surface area contributed by atoms with E-state index in [0.29, 0.717) is 13.0 Å². The van der Waals surface area contributed by atoms with Gasteiger partial charge in [-0.05, 0) is 30.2 Å². The maximum Gasteiger partial charge on any atom is 0.292 e. The number of benzene rings is 2. The minimum Gasteiger partial charge on any atom is -0.393 e. The number of nitrogen functional groups attached to an aromatic ring is 1. The molecule has 7 heteroatoms. The maximum absolute atomic E-state index is 12.1. The van der Waals surface area contributed by atoms with Crippen LogP contribution in [-0.4, -0.2) is 22.4 Å². The number of amides is 1. The van der Waals surface area contributed by atoms with E-state index in [1.165, 1.54) is 18.2 Å². The van der Waals surface area contributed by atoms with Crippen molar-refractivity contribution in [1.29, 1.82) is 0 Å². The normalized spacial score (nSPS) is 10.7. The molecule has 0 unspecified atom stereocenters. The lowest BCUT2D eigenvalue weighted by Crippen LogP contribution is -2.25. The first kappa shape index (κ1) is 15.5. The van der Waals surface area contributed by atoms with Gasteiger partial charge in [-0.1, -0.05) is 18.2 Å². The van der Waals surface area contributed by atoms with Gasteiger partial charge in [0.15, 0.2) is 0 Å². The summed E-state index contributed by atoms with van der Waals surface area (Å²) in [6.07, 6.45) is 2.58. The number of H-pyrrole nitrogens is 1. The topological polar surface area (TPSA) is 114 Å². The number of nitro groups is 1. The molecule has 0 spiro atoms. The molecule has 0 saturated carbocycles. The molecule has 3 rings (SSSR count). The molecule has 0 fully saturated rings. The predicted octanol–water partition coefficient (Wildman–Crippen LogP) is 2.63. The Morgan fingerprint density at radius 3 is 2.83 bits per heavy atom. The van der Waals surface area contributed by atoms with Crippen molar-refractivity contribution in [3.63, 3.8) is 0 Å². The van der Waals surface area contributed by atoms with Crippen molar-refractivity contribution in [1.82, 2.24) is 10.3 Å². The van der Waals surface area contributed by atoms with E-state index in [0.717, 1.165) is 16.5 Å². The van der Waals surface area contributed by atoms with Crippen molar-refractivity contribution in [3.05, 3.63) is 69.9 Å². The fourth-order valence-corrected chi connectivity index (χ4v) is 2.59. The summed E-state index contributed by atoms with van der Waals surface area (Å²) in [6, 6.07) is 12.0. The highest BCUT2D eigenvalue weighted by molar-refractivity contribution is 5.95. The lowest BCUT2D eigenvalue weighted by atomic mass is 10.1. The van der Waals surface area contributed by atoms with Crippen molar-refractivity contribution in [2.24, 2.45) is 0 Å². The van der Waals surface area contributed by atoms with Gasteiger partial charge < -0.3 is 16.0 Å². The fourth-order valence-electron chi connectivity index (χ4n) is 2.59. The Hall–Kier alpha value is -3.35. The molecule has 0 bridgehead atoms. The monoisotopic (exact) mass is 324 g/mol. The van der Waals surface area contributed by atoms with Crippen LogP contribution in [0.15, 0.2) is 48.7 Å². The van der Waals surface area contributed by atoms with E-state index in [2.05, 4.69) is 10.3 Å². The number of fused-ring (bicyclic) bond motifs is 1. The third-order valence-electron chi connectivity index (χ3n) is 3.84. The van der Waals surface area contributed by atoms with Crippen LogP contribution >= 0.6 is 0 Å². The van der Waals surface area contributed by atoms with Gasteiger partial charge >= 0.3 is 0 Å². The number of nitro benzene ring substituents is 1. The predicted molar refractivity (Wildman–Crippen MR) is 91.8 cm³/mol. The van der Waals surface area contributed by atoms with E-state index in [1.54, 1.807) is 0 Å². The summed E-state index contributed by atoms with van der Waals surface area (Å²) < 4.78 is 0. The van der Waals surface area contributed by atoms with Gasteiger partial charge in [-0.2, -0.15) is 0 Å². The van der Waals surface area contributed by atoms with Crippen LogP contribution in [-0.2, 0) is 6.42 Å². The summed E-state index contributed by atoms with van der Waals surface area (Å²) in [5.74, 6) is -0.363. The summed E-state index contributed by atoms with van der Waals surface area (Å²) in [4.78, 5) is 25.6. The first-order chi connectivity index (χ1) is 11.6. The van der Waals surface area contributed by atoms with Crippen molar-refractivity contribution in [2.45, 2.75) is 6.42 Å². The lowest BCUT2D eigenvalue weighted by molar-refractivity contribution is -0.383. The Labute approximate surface area is 137 Å². The summed E-state index contributed by atoms with van der Waals surface area (Å²) in [5.41, 5.74) is 7.68. The molecule has 122 valence electrons. The quantitative estimate of drug-likeness (QED) is 0.380. The Morgan fingerprint density at radius 1 is 1.25 bits per heavy atom. The molecule has 1 amide bonds. The van der Waals surface area contributed by atoms with Crippen LogP contribution in [0.5, 0.6) is 0 Å². The molecule has 4 N–H and O–H groups in total. The van der Waals surface area contributed by atoms with Gasteiger partial charge in [-0.25, -0.2) is 0 Å². The van der Waals surface area contributed by atoms with Gasteiger partial charge in [-0.3, -0.25) is 14.9 Å². The second-order valence-corrected chi connectivity index (χ2v) is 5.40. The van der Waals surface area contributed by atoms with Crippen molar-refractivity contribution >= 4 is 28.2 Å². The Kier molecular flexibility index (Phi) is 4.15. The average Bonchev–Trinajstić information content (AvgIpc) is 2.98. The summed E-state index contributed by atoms with van der Waals surface area (Å²) in [6.45, 7) is 0.429. The van der Waals surface area contributed by atoms with E-state index in [9.17, 15) is 14.9 Å². The number of hydrogen-bond donors (Lipinski definition) is 3. The van der Waals surface area contributed by atoms with Gasteiger partial charge in [0.05, 0.1) is 4.92 Å². The molecular weight excluding hydrogens is 308 g/mol. The molecule has 0 saturated heterocycles. The van der Waals surface area contributed by atoms with Crippen LogP contribution in [0.4, 0.5) is 11.4 Å². The fraction of sp³-hybridized carbons (Fsp3) is 0.118. The molecule has 0 radical (unpaired) electrons. The lowest BCUT2D eigenvalue weighted by Gasteiger charge is -2.06. The molecule has 2 aromatic carbocycles. The van der Waals surface area contributed by atoms with Gasteiger partial charge in [-0.15, -0.1) is 0 Å². The number of nitrogens with two attached hydrogens (primary N) is 1. The number of aromatic amines is 1. The third kappa shape index (κ3) is 3.05. The molecule has 0 atom stereocenters. The standard InChI is InChI=1S/C17H16N4O3/c18-14-6-5-11(9-16(14)21(23)24)17(22)19-8-7-12-10-20-15-4-2-1-3-13(12)15/h1-6,9-10,20H,7-8,18H2,(H,19,22). The zero-order chi connectivity index (χ0) is 17.1. The zero-order valence-corrected chi connectivity index (χ0v) is 12.8. The smallest absolute Gasteiger partial charge is 0.292 e. The van der Waals surface area contributed by atoms with Gasteiger partial charge in [0, 0.05) is 35.3 Å². The van der Waals surface area contributed by atoms with Gasteiger partial charge in [0.25, 0.3) is 11.6 Å². The number of aromatic nitrogens is 1. The van der Waals surface area contributed by atoms with Crippen molar-refractivity contribution in [3.8, 4) is 0 Å². The van der Waals surface area contributed by atoms with Crippen LogP contribution in [0.1, 0.15) is 15.9 Å². The maximum atomic E-state index is 12.1. The molecule has 0 aliphatic rings. The Balaban J connectivity index is 1.66. The van der Waals surface area contributed by atoms with Gasteiger partial charge in [0.2, 0.25) is 0 Å². The molecule has 1 aromatic heterocycles. The summed E-state index contributed by atoms with van der Waals surface area (Å²) in [5, 5.41) is 14.8. The number of rotatable bonds is 5. The largest absolute Gasteiger partial charge is 0.393 e. The van der Waals surface area contributed by atoms with E-state index in [1.807, 2.05) is 30.5 Å². The zero-order valence-electron chi connectivity index (χ0n) is 12.8. The number of para-hydroxylation sites is 1. The SMILES string of the molecule is Nc1ccc(C(=O)NCCc2c[nH]c3ccccc23)cc1[N+](=O)[O-]. The van der Waals surface area contributed by atoms with Crippen molar-refractivity contribution in [2.75, 3.05) is 12.3 Å². The van der Waals surface area contributed by atoms with E-state index < -0.39 is 4.92 Å². The Bertz CT molecular complexity index is 917. The van der Waals surface area contributed by atoms with Crippen LogP contribution in [0.25, 0.3) is 10.9 Å². The minimum atomic E-state index is -0.599. The number of hydrogen-bond acceptors (Lipinski definition) is 4. The van der Waals surface area contributed by atoms with E-state index in [4.69, 9.17) is 5.73 Å². The highest BCUT2D eigenvalue weighted by Gasteiger charge is 2.15. The minimum absolute atomic E-state index is 0.0374. The van der Waals surface area contributed by atoms with Gasteiger partial charge in [0.1, 0.15) is 5.69 Å². The first-order valence-corrected chi connectivity index (χ1v) is 7.43. The van der Waals surface area contributed by atoms with Crippen LogP contribution in [0.3, 0.4) is 0 Å². The summed E-state index contributed by atoms with van der Waals surface area (Å²) >= 11 is 0.